The van der Waals surface area contributed by atoms with E-state index in [1.165, 1.54) is 0 Å². The number of alkyl halides is 3. The van der Waals surface area contributed by atoms with Gasteiger partial charge in [0.15, 0.2) is 5.78 Å². The van der Waals surface area contributed by atoms with Crippen molar-refractivity contribution in [2.45, 2.75) is 12.3 Å². The fraction of sp³-hybridized carbons (Fsp3) is 0.364. The summed E-state index contributed by atoms with van der Waals surface area (Å²) in [6, 6.07) is 8.67. The Labute approximate surface area is 106 Å². The van der Waals surface area contributed by atoms with Crippen LogP contribution in [0.2, 0.25) is 0 Å². The van der Waals surface area contributed by atoms with Crippen LogP contribution in [0.3, 0.4) is 0 Å². The van der Waals surface area contributed by atoms with E-state index in [2.05, 4.69) is 0 Å². The normalized spacial score (nSPS) is 13.1. The predicted molar refractivity (Wildman–Crippen MR) is 61.5 cm³/mol. The molecule has 0 aliphatic heterocycles. The second kappa shape index (κ2) is 6.65. The van der Waals surface area contributed by atoms with Gasteiger partial charge in [-0.1, -0.05) is 18.2 Å². The molecule has 0 radical (unpaired) electrons. The number of ketones is 1. The maximum Gasteiger partial charge on any atom is 0.421 e. The summed E-state index contributed by atoms with van der Waals surface area (Å²) in [5, 5.41) is 8.64. The number of hydrogen-bond donors (Lipinski definition) is 1. The Morgan fingerprint density at radius 3 is 2.50 bits per heavy atom. The van der Waals surface area contributed by atoms with Crippen LogP contribution in [0.15, 0.2) is 30.3 Å². The van der Waals surface area contributed by atoms with E-state index < -0.39 is 23.8 Å². The number of thioether (sulfide) groups is 1. The van der Waals surface area contributed by atoms with Crippen LogP contribution in [0.1, 0.15) is 0 Å². The van der Waals surface area contributed by atoms with Crippen molar-refractivity contribution in [3.63, 3.8) is 0 Å². The second-order valence-electron chi connectivity index (χ2n) is 3.33. The first-order valence-electron chi connectivity index (χ1n) is 4.94. The van der Waals surface area contributed by atoms with Gasteiger partial charge in [0.1, 0.15) is 11.7 Å². The van der Waals surface area contributed by atoms with Crippen molar-refractivity contribution in [3.8, 4) is 5.75 Å². The molecule has 1 unspecified atom stereocenters. The van der Waals surface area contributed by atoms with E-state index in [9.17, 15) is 18.0 Å². The smallest absolute Gasteiger partial charge is 0.421 e. The Hall–Kier alpha value is -1.21. The van der Waals surface area contributed by atoms with Crippen LogP contribution in [-0.4, -0.2) is 34.9 Å². The highest BCUT2D eigenvalue weighted by Gasteiger charge is 2.42. The monoisotopic (exact) mass is 280 g/mol. The standard InChI is InChI=1S/C11H11F3O3S/c12-11(13,14)10(16)9(15)6-18-7-17-8-4-2-1-3-5-8/h1-5,10,16H,6-7H2. The van der Waals surface area contributed by atoms with Crippen LogP contribution < -0.4 is 4.74 Å². The SMILES string of the molecule is O=C(CSCOc1ccccc1)C(O)C(F)(F)F. The molecule has 1 rings (SSSR count). The molecule has 100 valence electrons. The summed E-state index contributed by atoms with van der Waals surface area (Å²) >= 11 is 0.869. The van der Waals surface area contributed by atoms with E-state index in [-0.39, 0.29) is 5.94 Å². The first kappa shape index (κ1) is 14.8. The molecule has 18 heavy (non-hydrogen) atoms. The second-order valence-corrected chi connectivity index (χ2v) is 4.27. The predicted octanol–water partition coefficient (Wildman–Crippen LogP) is 2.25. The molecular formula is C11H11F3O3S. The maximum absolute atomic E-state index is 12.0. The number of aliphatic hydroxyl groups is 1. The zero-order valence-electron chi connectivity index (χ0n) is 9.18. The van der Waals surface area contributed by atoms with E-state index in [0.29, 0.717) is 5.75 Å². The lowest BCUT2D eigenvalue weighted by atomic mass is 10.2. The average Bonchev–Trinajstić information content (AvgIpc) is 2.33. The zero-order valence-corrected chi connectivity index (χ0v) is 10.0. The Balaban J connectivity index is 2.24. The lowest BCUT2D eigenvalue weighted by Crippen LogP contribution is -2.37. The highest BCUT2D eigenvalue weighted by Crippen LogP contribution is 2.21. The van der Waals surface area contributed by atoms with E-state index in [4.69, 9.17) is 9.84 Å². The van der Waals surface area contributed by atoms with Crippen LogP contribution >= 0.6 is 11.8 Å². The third kappa shape index (κ3) is 4.97. The van der Waals surface area contributed by atoms with Crippen molar-refractivity contribution in [1.29, 1.82) is 0 Å². The third-order valence-corrected chi connectivity index (χ3v) is 2.68. The molecule has 1 atom stereocenters. The fourth-order valence-electron chi connectivity index (χ4n) is 1.03. The lowest BCUT2D eigenvalue weighted by molar-refractivity contribution is -0.202. The van der Waals surface area contributed by atoms with Crippen LogP contribution in [0, 0.1) is 0 Å². The molecule has 0 amide bonds. The zero-order chi connectivity index (χ0) is 13.6. The summed E-state index contributed by atoms with van der Waals surface area (Å²) in [5.74, 6) is -1.12. The maximum atomic E-state index is 12.0. The minimum Gasteiger partial charge on any atom is -0.483 e. The first-order chi connectivity index (χ1) is 8.41. The van der Waals surface area contributed by atoms with Gasteiger partial charge in [0, 0.05) is 0 Å². The molecule has 0 aliphatic carbocycles. The summed E-state index contributed by atoms with van der Waals surface area (Å²) in [7, 11) is 0. The molecule has 0 spiro atoms. The van der Waals surface area contributed by atoms with Crippen molar-refractivity contribution in [2.24, 2.45) is 0 Å². The number of para-hydroxylation sites is 1. The summed E-state index contributed by atoms with van der Waals surface area (Å²) in [6.07, 6.45) is -7.82. The van der Waals surface area contributed by atoms with Gasteiger partial charge in [-0.2, -0.15) is 13.2 Å². The minimum absolute atomic E-state index is 0.0420. The Morgan fingerprint density at radius 1 is 1.33 bits per heavy atom. The topological polar surface area (TPSA) is 46.5 Å². The molecular weight excluding hydrogens is 269 g/mol. The average molecular weight is 280 g/mol. The van der Waals surface area contributed by atoms with E-state index in [1.807, 2.05) is 0 Å². The fourth-order valence-corrected chi connectivity index (χ4v) is 1.69. The van der Waals surface area contributed by atoms with Gasteiger partial charge in [0.25, 0.3) is 0 Å². The Bertz CT molecular complexity index is 381. The van der Waals surface area contributed by atoms with Gasteiger partial charge in [0.05, 0.1) is 5.75 Å². The van der Waals surface area contributed by atoms with Gasteiger partial charge < -0.3 is 9.84 Å². The molecule has 0 aliphatic rings. The number of carbonyl (C=O) groups excluding carboxylic acids is 1. The molecule has 1 aromatic carbocycles. The molecule has 0 saturated heterocycles. The summed E-state index contributed by atoms with van der Waals surface area (Å²) in [4.78, 5) is 11.0. The molecule has 0 fully saturated rings. The van der Waals surface area contributed by atoms with Crippen molar-refractivity contribution in [3.05, 3.63) is 30.3 Å². The van der Waals surface area contributed by atoms with Gasteiger partial charge in [-0.15, -0.1) is 11.8 Å². The number of carbonyl (C=O) groups is 1. The molecule has 0 heterocycles. The number of hydrogen-bond acceptors (Lipinski definition) is 4. The highest BCUT2D eigenvalue weighted by molar-refractivity contribution is 7.99. The Morgan fingerprint density at radius 2 is 1.94 bits per heavy atom. The van der Waals surface area contributed by atoms with Gasteiger partial charge in [-0.3, -0.25) is 4.79 Å². The largest absolute Gasteiger partial charge is 0.483 e. The lowest BCUT2D eigenvalue weighted by Gasteiger charge is -2.12. The Kier molecular flexibility index (Phi) is 5.49. The molecule has 0 saturated carbocycles. The number of aliphatic hydroxyl groups excluding tert-OH is 1. The summed E-state index contributed by atoms with van der Waals surface area (Å²) in [6.45, 7) is 0. The van der Waals surface area contributed by atoms with Crippen molar-refractivity contribution >= 4 is 17.5 Å². The van der Waals surface area contributed by atoms with Crippen LogP contribution in [-0.2, 0) is 4.79 Å². The number of halogens is 3. The van der Waals surface area contributed by atoms with Gasteiger partial charge in [-0.25, -0.2) is 0 Å². The number of Topliss-reactive ketones (excluding diaryl/α,β-unsaturated/α-hetero) is 1. The van der Waals surface area contributed by atoms with E-state index in [0.717, 1.165) is 11.8 Å². The van der Waals surface area contributed by atoms with Crippen molar-refractivity contribution < 1.29 is 27.8 Å². The molecule has 1 aromatic rings. The molecule has 7 heteroatoms. The van der Waals surface area contributed by atoms with Gasteiger partial charge >= 0.3 is 6.18 Å². The van der Waals surface area contributed by atoms with E-state index in [1.54, 1.807) is 30.3 Å². The van der Waals surface area contributed by atoms with Crippen LogP contribution in [0.4, 0.5) is 13.2 Å². The van der Waals surface area contributed by atoms with Crippen molar-refractivity contribution in [1.82, 2.24) is 0 Å². The third-order valence-electron chi connectivity index (χ3n) is 1.91. The van der Waals surface area contributed by atoms with E-state index >= 15 is 0 Å². The van der Waals surface area contributed by atoms with Gasteiger partial charge in [0.2, 0.25) is 6.10 Å². The highest BCUT2D eigenvalue weighted by atomic mass is 32.2. The number of ether oxygens (including phenoxy) is 1. The van der Waals surface area contributed by atoms with Gasteiger partial charge in [-0.05, 0) is 12.1 Å². The number of benzene rings is 1. The van der Waals surface area contributed by atoms with Crippen LogP contribution in [0.25, 0.3) is 0 Å². The molecule has 0 aromatic heterocycles. The quantitative estimate of drug-likeness (QED) is 0.641. The van der Waals surface area contributed by atoms with Crippen molar-refractivity contribution in [2.75, 3.05) is 11.7 Å². The minimum atomic E-state index is -4.90. The summed E-state index contributed by atoms with van der Waals surface area (Å²) in [5.41, 5.74) is 0. The summed E-state index contributed by atoms with van der Waals surface area (Å²) < 4.78 is 41.1. The number of rotatable bonds is 6. The molecule has 3 nitrogen and oxygen atoms in total. The first-order valence-corrected chi connectivity index (χ1v) is 6.10. The van der Waals surface area contributed by atoms with Crippen LogP contribution in [0.5, 0.6) is 5.75 Å². The molecule has 1 N–H and O–H groups in total. The molecule has 0 bridgehead atoms.